The lowest BCUT2D eigenvalue weighted by Gasteiger charge is -2.14. The zero-order valence-electron chi connectivity index (χ0n) is 11.6. The first-order valence-electron chi connectivity index (χ1n) is 6.53. The third-order valence-electron chi connectivity index (χ3n) is 2.68. The Balaban J connectivity index is 2.04. The molecule has 102 valence electrons. The van der Waals surface area contributed by atoms with Crippen LogP contribution in [0.4, 0.5) is 5.69 Å². The van der Waals surface area contributed by atoms with E-state index in [0.717, 1.165) is 11.3 Å². The summed E-state index contributed by atoms with van der Waals surface area (Å²) >= 11 is 0. The summed E-state index contributed by atoms with van der Waals surface area (Å²) in [7, 11) is 0. The molecule has 1 aromatic carbocycles. The molecule has 1 heterocycles. The van der Waals surface area contributed by atoms with Gasteiger partial charge >= 0.3 is 0 Å². The highest BCUT2D eigenvalue weighted by molar-refractivity contribution is 5.52. The number of hydrogen-bond acceptors (Lipinski definition) is 4. The lowest BCUT2D eigenvalue weighted by molar-refractivity contribution is 0.234. The average molecular weight is 267 g/mol. The van der Waals surface area contributed by atoms with Crippen molar-refractivity contribution in [3.8, 4) is 11.9 Å². The molecular formula is C16H17N3O. The van der Waals surface area contributed by atoms with Gasteiger partial charge in [0.1, 0.15) is 0 Å². The second-order valence-electron chi connectivity index (χ2n) is 4.69. The normalized spacial score (nSPS) is 10.1. The van der Waals surface area contributed by atoms with Gasteiger partial charge in [0.2, 0.25) is 5.88 Å². The number of rotatable bonds is 5. The molecule has 2 aromatic rings. The molecule has 2 rings (SSSR count). The van der Waals surface area contributed by atoms with E-state index in [9.17, 15) is 0 Å². The molecule has 0 saturated carbocycles. The number of benzene rings is 1. The van der Waals surface area contributed by atoms with E-state index in [0.29, 0.717) is 18.0 Å². The van der Waals surface area contributed by atoms with Crippen LogP contribution >= 0.6 is 0 Å². The summed E-state index contributed by atoms with van der Waals surface area (Å²) in [6.07, 6.45) is 1.80. The van der Waals surface area contributed by atoms with Crippen LogP contribution in [0.1, 0.15) is 25.0 Å². The van der Waals surface area contributed by atoms with Gasteiger partial charge in [-0.3, -0.25) is 0 Å². The Kier molecular flexibility index (Phi) is 4.56. The Morgan fingerprint density at radius 1 is 1.25 bits per heavy atom. The number of hydrogen-bond donors (Lipinski definition) is 1. The maximum atomic E-state index is 8.77. The van der Waals surface area contributed by atoms with Crippen LogP contribution in [-0.2, 0) is 6.54 Å². The molecule has 0 bridgehead atoms. The summed E-state index contributed by atoms with van der Waals surface area (Å²) < 4.78 is 5.65. The largest absolute Gasteiger partial charge is 0.473 e. The SMILES string of the molecule is CC(C)Oc1ncccc1NCc1ccc(C#N)cc1. The monoisotopic (exact) mass is 267 g/mol. The van der Waals surface area contributed by atoms with Crippen molar-refractivity contribution < 1.29 is 4.74 Å². The van der Waals surface area contributed by atoms with Crippen LogP contribution in [0.15, 0.2) is 42.6 Å². The van der Waals surface area contributed by atoms with E-state index in [1.54, 1.807) is 6.20 Å². The van der Waals surface area contributed by atoms with Crippen LogP contribution in [0.5, 0.6) is 5.88 Å². The number of nitriles is 1. The van der Waals surface area contributed by atoms with Crippen LogP contribution in [0.25, 0.3) is 0 Å². The number of nitrogens with zero attached hydrogens (tertiary/aromatic N) is 2. The quantitative estimate of drug-likeness (QED) is 0.902. The molecule has 0 aliphatic carbocycles. The van der Waals surface area contributed by atoms with E-state index in [1.807, 2.05) is 50.2 Å². The number of anilines is 1. The van der Waals surface area contributed by atoms with Crippen molar-refractivity contribution >= 4 is 5.69 Å². The predicted octanol–water partition coefficient (Wildman–Crippen LogP) is 3.35. The van der Waals surface area contributed by atoms with Crippen LogP contribution in [0.3, 0.4) is 0 Å². The van der Waals surface area contributed by atoms with Crippen LogP contribution in [0.2, 0.25) is 0 Å². The van der Waals surface area contributed by atoms with Crippen molar-refractivity contribution in [3.05, 3.63) is 53.7 Å². The minimum absolute atomic E-state index is 0.0837. The lowest BCUT2D eigenvalue weighted by Crippen LogP contribution is -2.10. The molecule has 0 saturated heterocycles. The van der Waals surface area contributed by atoms with Crippen LogP contribution in [0, 0.1) is 11.3 Å². The topological polar surface area (TPSA) is 57.9 Å². The van der Waals surface area contributed by atoms with Crippen molar-refractivity contribution in [1.82, 2.24) is 4.98 Å². The molecule has 1 aromatic heterocycles. The molecule has 0 spiro atoms. The average Bonchev–Trinajstić information content (AvgIpc) is 2.46. The number of pyridine rings is 1. The highest BCUT2D eigenvalue weighted by atomic mass is 16.5. The van der Waals surface area contributed by atoms with Gasteiger partial charge in [-0.25, -0.2) is 4.98 Å². The van der Waals surface area contributed by atoms with Crippen molar-refractivity contribution in [2.24, 2.45) is 0 Å². The minimum Gasteiger partial charge on any atom is -0.473 e. The summed E-state index contributed by atoms with van der Waals surface area (Å²) in [5.74, 6) is 0.608. The minimum atomic E-state index is 0.0837. The molecule has 0 amide bonds. The van der Waals surface area contributed by atoms with Gasteiger partial charge in [0.15, 0.2) is 0 Å². The van der Waals surface area contributed by atoms with E-state index < -0.39 is 0 Å². The summed E-state index contributed by atoms with van der Waals surface area (Å²) in [6, 6.07) is 13.4. The Morgan fingerprint density at radius 3 is 2.65 bits per heavy atom. The first-order chi connectivity index (χ1) is 9.69. The van der Waals surface area contributed by atoms with Gasteiger partial charge in [-0.05, 0) is 43.7 Å². The van der Waals surface area contributed by atoms with Crippen LogP contribution < -0.4 is 10.1 Å². The van der Waals surface area contributed by atoms with Crippen molar-refractivity contribution in [3.63, 3.8) is 0 Å². The van der Waals surface area contributed by atoms with Gasteiger partial charge in [0, 0.05) is 12.7 Å². The van der Waals surface area contributed by atoms with Gasteiger partial charge in [0.25, 0.3) is 0 Å². The molecule has 0 aliphatic rings. The molecule has 4 heteroatoms. The van der Waals surface area contributed by atoms with E-state index in [1.165, 1.54) is 0 Å². The zero-order valence-corrected chi connectivity index (χ0v) is 11.6. The Bertz CT molecular complexity index is 600. The highest BCUT2D eigenvalue weighted by Crippen LogP contribution is 2.22. The first-order valence-corrected chi connectivity index (χ1v) is 6.53. The number of ether oxygens (including phenoxy) is 1. The van der Waals surface area contributed by atoms with E-state index in [4.69, 9.17) is 10.00 Å². The van der Waals surface area contributed by atoms with Crippen molar-refractivity contribution in [2.45, 2.75) is 26.5 Å². The summed E-state index contributed by atoms with van der Waals surface area (Å²) in [6.45, 7) is 4.60. The third kappa shape index (κ3) is 3.72. The zero-order chi connectivity index (χ0) is 14.4. The van der Waals surface area contributed by atoms with Crippen molar-refractivity contribution in [1.29, 1.82) is 5.26 Å². The molecule has 0 fully saturated rings. The molecule has 0 aliphatic heterocycles. The highest BCUT2D eigenvalue weighted by Gasteiger charge is 2.06. The van der Waals surface area contributed by atoms with E-state index in [-0.39, 0.29) is 6.10 Å². The Labute approximate surface area is 119 Å². The van der Waals surface area contributed by atoms with Gasteiger partial charge in [-0.1, -0.05) is 12.1 Å². The fourth-order valence-corrected chi connectivity index (χ4v) is 1.74. The van der Waals surface area contributed by atoms with E-state index >= 15 is 0 Å². The number of aromatic nitrogens is 1. The molecule has 20 heavy (non-hydrogen) atoms. The first kappa shape index (κ1) is 13.9. The molecular weight excluding hydrogens is 250 g/mol. The third-order valence-corrected chi connectivity index (χ3v) is 2.68. The van der Waals surface area contributed by atoms with Gasteiger partial charge < -0.3 is 10.1 Å². The second-order valence-corrected chi connectivity index (χ2v) is 4.69. The summed E-state index contributed by atoms with van der Waals surface area (Å²) in [5, 5.41) is 12.1. The number of nitrogens with one attached hydrogen (secondary N) is 1. The fraction of sp³-hybridized carbons (Fsp3) is 0.250. The smallest absolute Gasteiger partial charge is 0.237 e. The Hall–Kier alpha value is -2.54. The Morgan fingerprint density at radius 2 is 2.00 bits per heavy atom. The maximum Gasteiger partial charge on any atom is 0.237 e. The molecule has 0 unspecified atom stereocenters. The second kappa shape index (κ2) is 6.58. The molecule has 1 N–H and O–H groups in total. The van der Waals surface area contributed by atoms with Crippen LogP contribution in [-0.4, -0.2) is 11.1 Å². The lowest BCUT2D eigenvalue weighted by atomic mass is 10.1. The fourth-order valence-electron chi connectivity index (χ4n) is 1.74. The predicted molar refractivity (Wildman–Crippen MR) is 78.5 cm³/mol. The molecule has 4 nitrogen and oxygen atoms in total. The standard InChI is InChI=1S/C16H17N3O/c1-12(2)20-16-15(4-3-9-18-16)19-11-14-7-5-13(10-17)6-8-14/h3-9,12,19H,11H2,1-2H3. The van der Waals surface area contributed by atoms with Gasteiger partial charge in [0.05, 0.1) is 23.4 Å². The van der Waals surface area contributed by atoms with E-state index in [2.05, 4.69) is 16.4 Å². The summed E-state index contributed by atoms with van der Waals surface area (Å²) in [5.41, 5.74) is 2.63. The summed E-state index contributed by atoms with van der Waals surface area (Å²) in [4.78, 5) is 4.23. The molecule has 0 atom stereocenters. The maximum absolute atomic E-state index is 8.77. The van der Waals surface area contributed by atoms with Gasteiger partial charge in [-0.15, -0.1) is 0 Å². The van der Waals surface area contributed by atoms with Crippen molar-refractivity contribution in [2.75, 3.05) is 5.32 Å². The van der Waals surface area contributed by atoms with Gasteiger partial charge in [-0.2, -0.15) is 5.26 Å². The molecule has 0 radical (unpaired) electrons.